The van der Waals surface area contributed by atoms with E-state index in [0.717, 1.165) is 49.9 Å². The lowest BCUT2D eigenvalue weighted by molar-refractivity contribution is 0.411. The summed E-state index contributed by atoms with van der Waals surface area (Å²) in [5, 5.41) is 0. The average molecular weight is 638 g/mol. The molecule has 2 heterocycles. The largest absolute Gasteiger partial charge is 0.497 e. The third kappa shape index (κ3) is 4.21. The van der Waals surface area contributed by atoms with E-state index in [-0.39, 0.29) is 11.6 Å². The van der Waals surface area contributed by atoms with Crippen LogP contribution < -0.4 is 24.4 Å². The van der Waals surface area contributed by atoms with Crippen LogP contribution in [-0.4, -0.2) is 18.8 Å². The summed E-state index contributed by atoms with van der Waals surface area (Å²) in [7, 11) is 3.29. The van der Waals surface area contributed by atoms with Gasteiger partial charge in [-0.2, -0.15) is 0 Å². The van der Waals surface area contributed by atoms with Crippen molar-refractivity contribution in [2.75, 3.05) is 14.2 Å². The molecule has 0 spiro atoms. The fourth-order valence-corrected chi connectivity index (χ4v) is 7.56. The number of methoxy groups -OCH3 is 2. The zero-order chi connectivity index (χ0) is 25.7. The Morgan fingerprint density at radius 1 is 1.03 bits per heavy atom. The highest BCUT2D eigenvalue weighted by Crippen LogP contribution is 2.41. The topological polar surface area (TPSA) is 52.8 Å². The molecule has 4 aromatic rings. The average Bonchev–Trinajstić information content (AvgIpc) is 3.21. The van der Waals surface area contributed by atoms with Gasteiger partial charge in [0.2, 0.25) is 0 Å². The highest BCUT2D eigenvalue weighted by Gasteiger charge is 2.32. The standard InChI is InChI=1S/C29H22Br2N2O3S/c1-35-20-10-7-17(8-11-20)26-22-12-9-16-5-3-4-6-21(16)25(22)32-29-33(26)28(34)24(37-29)14-18-13-19(30)15-23(31)27(18)36-2/h3-8,10-11,13-15,26H,9,12H2,1-2H3/b24-14-/t26-/m1/s1. The van der Waals surface area contributed by atoms with Crippen LogP contribution in [-0.2, 0) is 6.42 Å². The Kier molecular flexibility index (Phi) is 6.42. The van der Waals surface area contributed by atoms with Crippen molar-refractivity contribution in [2.24, 2.45) is 4.99 Å². The summed E-state index contributed by atoms with van der Waals surface area (Å²) in [6.07, 6.45) is 3.66. The summed E-state index contributed by atoms with van der Waals surface area (Å²) in [6, 6.07) is 20.1. The summed E-state index contributed by atoms with van der Waals surface area (Å²) >= 11 is 8.53. The van der Waals surface area contributed by atoms with Gasteiger partial charge in [0.25, 0.3) is 5.56 Å². The lowest BCUT2D eigenvalue weighted by Crippen LogP contribution is -2.38. The van der Waals surface area contributed by atoms with Crippen LogP contribution in [0.4, 0.5) is 0 Å². The molecule has 0 N–H and O–H groups in total. The first-order valence-electron chi connectivity index (χ1n) is 11.8. The number of fused-ring (bicyclic) bond motifs is 3. The van der Waals surface area contributed by atoms with Crippen LogP contribution >= 0.6 is 43.2 Å². The highest BCUT2D eigenvalue weighted by molar-refractivity contribution is 9.11. The molecule has 0 saturated heterocycles. The number of thiazole rings is 1. The van der Waals surface area contributed by atoms with Gasteiger partial charge in [0.05, 0.1) is 35.0 Å². The molecule has 1 atom stereocenters. The molecule has 37 heavy (non-hydrogen) atoms. The first-order chi connectivity index (χ1) is 18.0. The Bertz CT molecular complexity index is 1750. The van der Waals surface area contributed by atoms with Crippen molar-refractivity contribution in [2.45, 2.75) is 18.9 Å². The number of ether oxygens (including phenoxy) is 2. The predicted molar refractivity (Wildman–Crippen MR) is 154 cm³/mol. The molecule has 1 aromatic heterocycles. The molecule has 6 rings (SSSR count). The third-order valence-electron chi connectivity index (χ3n) is 6.83. The second-order valence-corrected chi connectivity index (χ2v) is 11.7. The zero-order valence-electron chi connectivity index (χ0n) is 20.1. The van der Waals surface area contributed by atoms with Gasteiger partial charge in [-0.05, 0) is 75.8 Å². The van der Waals surface area contributed by atoms with E-state index in [0.29, 0.717) is 15.1 Å². The van der Waals surface area contributed by atoms with Crippen LogP contribution in [0.1, 0.15) is 34.7 Å². The normalized spacial score (nSPS) is 16.5. The summed E-state index contributed by atoms with van der Waals surface area (Å²) in [6.45, 7) is 0. The second kappa shape index (κ2) is 9.74. The number of allylic oxidation sites excluding steroid dienone is 1. The van der Waals surface area contributed by atoms with Gasteiger partial charge in [-0.25, -0.2) is 4.99 Å². The van der Waals surface area contributed by atoms with Gasteiger partial charge < -0.3 is 9.47 Å². The van der Waals surface area contributed by atoms with E-state index < -0.39 is 0 Å². The summed E-state index contributed by atoms with van der Waals surface area (Å²) in [5.74, 6) is 1.46. The lowest BCUT2D eigenvalue weighted by Gasteiger charge is -2.30. The minimum absolute atomic E-state index is 0.0619. The van der Waals surface area contributed by atoms with E-state index in [9.17, 15) is 4.79 Å². The second-order valence-electron chi connectivity index (χ2n) is 8.90. The van der Waals surface area contributed by atoms with Gasteiger partial charge in [-0.1, -0.05) is 63.7 Å². The van der Waals surface area contributed by atoms with Gasteiger partial charge in [-0.3, -0.25) is 9.36 Å². The number of hydrogen-bond donors (Lipinski definition) is 0. The number of hydrogen-bond acceptors (Lipinski definition) is 5. The smallest absolute Gasteiger partial charge is 0.271 e. The molecular weight excluding hydrogens is 616 g/mol. The van der Waals surface area contributed by atoms with Crippen molar-refractivity contribution >= 4 is 55.0 Å². The van der Waals surface area contributed by atoms with Crippen LogP contribution in [0.5, 0.6) is 11.5 Å². The minimum Gasteiger partial charge on any atom is -0.497 e. The number of halogens is 2. The summed E-state index contributed by atoms with van der Waals surface area (Å²) < 4.78 is 15.2. The molecule has 0 bridgehead atoms. The predicted octanol–water partition coefficient (Wildman–Crippen LogP) is 5.86. The molecule has 1 aliphatic heterocycles. The maximum Gasteiger partial charge on any atom is 0.271 e. The minimum atomic E-state index is -0.233. The number of benzene rings is 3. The highest BCUT2D eigenvalue weighted by atomic mass is 79.9. The van der Waals surface area contributed by atoms with Crippen molar-refractivity contribution in [3.63, 3.8) is 0 Å². The first kappa shape index (κ1) is 24.4. The lowest BCUT2D eigenvalue weighted by atomic mass is 9.83. The molecule has 8 heteroatoms. The van der Waals surface area contributed by atoms with E-state index in [1.54, 1.807) is 14.2 Å². The molecule has 0 amide bonds. The molecule has 1 aliphatic carbocycles. The van der Waals surface area contributed by atoms with E-state index in [4.69, 9.17) is 14.5 Å². The number of rotatable bonds is 4. The van der Waals surface area contributed by atoms with Crippen LogP contribution in [0.3, 0.4) is 0 Å². The Morgan fingerprint density at radius 2 is 1.81 bits per heavy atom. The fourth-order valence-electron chi connectivity index (χ4n) is 5.15. The SMILES string of the molecule is COc1ccc([C@@H]2C3=C(N=c4s/c(=C\c5cc(Br)cc(Br)c5OC)c(=O)n42)c2ccccc2CC3)cc1. The molecule has 5 nitrogen and oxygen atoms in total. The van der Waals surface area contributed by atoms with E-state index in [1.807, 2.05) is 47.0 Å². The molecule has 0 unspecified atom stereocenters. The Hall–Kier alpha value is -2.94. The summed E-state index contributed by atoms with van der Waals surface area (Å²) in [5.41, 5.74) is 6.39. The third-order valence-corrected chi connectivity index (χ3v) is 8.86. The molecule has 3 aromatic carbocycles. The van der Waals surface area contributed by atoms with Gasteiger partial charge in [-0.15, -0.1) is 0 Å². The van der Waals surface area contributed by atoms with Gasteiger partial charge >= 0.3 is 0 Å². The molecule has 186 valence electrons. The number of nitrogens with zero attached hydrogens (tertiary/aromatic N) is 2. The molecule has 0 radical (unpaired) electrons. The van der Waals surface area contributed by atoms with Crippen LogP contribution in [0.2, 0.25) is 0 Å². The van der Waals surface area contributed by atoms with Crippen LogP contribution in [0.15, 0.2) is 85.0 Å². The molecule has 0 fully saturated rings. The fraction of sp³-hybridized carbons (Fsp3) is 0.172. The maximum atomic E-state index is 14.0. The van der Waals surface area contributed by atoms with E-state index >= 15 is 0 Å². The molecular formula is C29H22Br2N2O3S. The van der Waals surface area contributed by atoms with Crippen LogP contribution in [0, 0.1) is 0 Å². The Balaban J connectivity index is 1.62. The monoisotopic (exact) mass is 636 g/mol. The summed E-state index contributed by atoms with van der Waals surface area (Å²) in [4.78, 5) is 19.8. The van der Waals surface area contributed by atoms with Gasteiger partial charge in [0.1, 0.15) is 11.5 Å². The quantitative estimate of drug-likeness (QED) is 0.282. The van der Waals surface area contributed by atoms with Crippen molar-refractivity contribution in [3.05, 3.63) is 117 Å². The van der Waals surface area contributed by atoms with Gasteiger partial charge in [0, 0.05) is 15.6 Å². The van der Waals surface area contributed by atoms with Crippen molar-refractivity contribution in [1.82, 2.24) is 4.57 Å². The first-order valence-corrected chi connectivity index (χ1v) is 14.2. The molecule has 0 saturated carbocycles. The van der Waals surface area contributed by atoms with Crippen molar-refractivity contribution < 1.29 is 9.47 Å². The van der Waals surface area contributed by atoms with Crippen molar-refractivity contribution in [1.29, 1.82) is 0 Å². The number of aromatic nitrogens is 1. The molecule has 2 aliphatic rings. The Labute approximate surface area is 234 Å². The maximum absolute atomic E-state index is 14.0. The van der Waals surface area contributed by atoms with E-state index in [1.165, 1.54) is 22.5 Å². The number of aryl methyl sites for hydroxylation is 1. The van der Waals surface area contributed by atoms with E-state index in [2.05, 4.69) is 56.1 Å². The Morgan fingerprint density at radius 3 is 2.57 bits per heavy atom. The van der Waals surface area contributed by atoms with Crippen LogP contribution in [0.25, 0.3) is 11.8 Å². The van der Waals surface area contributed by atoms with Gasteiger partial charge in [0.15, 0.2) is 4.80 Å². The van der Waals surface area contributed by atoms with Crippen molar-refractivity contribution in [3.8, 4) is 11.5 Å². The zero-order valence-corrected chi connectivity index (χ0v) is 24.1.